The van der Waals surface area contributed by atoms with Crippen LogP contribution in [0.15, 0.2) is 24.3 Å². The number of carbonyl (C=O) groups is 1. The van der Waals surface area contributed by atoms with E-state index < -0.39 is 6.10 Å². The zero-order valence-corrected chi connectivity index (χ0v) is 11.4. The normalized spacial score (nSPS) is 11.9. The number of hydrogen-bond donors (Lipinski definition) is 2. The first-order valence-electron chi connectivity index (χ1n) is 5.87. The van der Waals surface area contributed by atoms with Crippen molar-refractivity contribution in [2.24, 2.45) is 5.73 Å². The van der Waals surface area contributed by atoms with E-state index in [4.69, 9.17) is 22.7 Å². The summed E-state index contributed by atoms with van der Waals surface area (Å²) in [7, 11) is 0. The number of benzene rings is 1. The Hall–Kier alpha value is -1.46. The van der Waals surface area contributed by atoms with Crippen molar-refractivity contribution in [1.29, 1.82) is 0 Å². The molecule has 1 amide bonds. The molecule has 18 heavy (non-hydrogen) atoms. The summed E-state index contributed by atoms with van der Waals surface area (Å²) in [6, 6.07) is 7.17. The first-order valence-corrected chi connectivity index (χ1v) is 6.28. The third-order valence-corrected chi connectivity index (χ3v) is 2.61. The van der Waals surface area contributed by atoms with Gasteiger partial charge in [-0.15, -0.1) is 0 Å². The van der Waals surface area contributed by atoms with Crippen LogP contribution in [0.25, 0.3) is 0 Å². The van der Waals surface area contributed by atoms with Gasteiger partial charge in [-0.1, -0.05) is 31.3 Å². The van der Waals surface area contributed by atoms with Crippen LogP contribution >= 0.6 is 12.2 Å². The fourth-order valence-corrected chi connectivity index (χ4v) is 1.59. The standard InChI is InChI=1S/C13H18N2O2S/c1-3-8-17-9(2)13(16)15-11-7-5-4-6-10(11)12(14)18/h4-7,9H,3,8H2,1-2H3,(H2,14,18)(H,15,16). The lowest BCUT2D eigenvalue weighted by Gasteiger charge is -2.14. The van der Waals surface area contributed by atoms with Gasteiger partial charge in [-0.3, -0.25) is 4.79 Å². The molecule has 0 saturated carbocycles. The maximum Gasteiger partial charge on any atom is 0.253 e. The molecular weight excluding hydrogens is 248 g/mol. The van der Waals surface area contributed by atoms with Crippen molar-refractivity contribution in [3.05, 3.63) is 29.8 Å². The second-order valence-corrected chi connectivity index (χ2v) is 4.35. The number of hydrogen-bond acceptors (Lipinski definition) is 3. The van der Waals surface area contributed by atoms with Gasteiger partial charge in [-0.2, -0.15) is 0 Å². The summed E-state index contributed by atoms with van der Waals surface area (Å²) >= 11 is 4.93. The fourth-order valence-electron chi connectivity index (χ4n) is 1.41. The third kappa shape index (κ3) is 4.09. The molecular formula is C13H18N2O2S. The molecule has 1 atom stereocenters. The zero-order valence-electron chi connectivity index (χ0n) is 10.6. The Morgan fingerprint density at radius 2 is 2.17 bits per heavy atom. The topological polar surface area (TPSA) is 64.3 Å². The summed E-state index contributed by atoms with van der Waals surface area (Å²) in [5, 5.41) is 2.77. The molecule has 0 spiro atoms. The van der Waals surface area contributed by atoms with Crippen LogP contribution in [-0.2, 0) is 9.53 Å². The molecule has 1 aromatic carbocycles. The molecule has 0 aliphatic carbocycles. The molecule has 4 nitrogen and oxygen atoms in total. The van der Waals surface area contributed by atoms with Gasteiger partial charge in [-0.05, 0) is 25.5 Å². The molecule has 1 rings (SSSR count). The number of thiocarbonyl (C=S) groups is 1. The van der Waals surface area contributed by atoms with Crippen LogP contribution in [0.5, 0.6) is 0 Å². The molecule has 1 unspecified atom stereocenters. The van der Waals surface area contributed by atoms with Gasteiger partial charge in [-0.25, -0.2) is 0 Å². The minimum atomic E-state index is -0.496. The van der Waals surface area contributed by atoms with Gasteiger partial charge in [0.05, 0.1) is 5.69 Å². The van der Waals surface area contributed by atoms with Gasteiger partial charge in [0.1, 0.15) is 11.1 Å². The van der Waals surface area contributed by atoms with Crippen molar-refractivity contribution in [3.63, 3.8) is 0 Å². The van der Waals surface area contributed by atoms with E-state index in [0.717, 1.165) is 6.42 Å². The maximum atomic E-state index is 11.9. The number of rotatable bonds is 6. The molecule has 3 N–H and O–H groups in total. The van der Waals surface area contributed by atoms with Crippen LogP contribution in [0.3, 0.4) is 0 Å². The van der Waals surface area contributed by atoms with Gasteiger partial charge in [0.15, 0.2) is 0 Å². The highest BCUT2D eigenvalue weighted by Gasteiger charge is 2.15. The van der Waals surface area contributed by atoms with Crippen molar-refractivity contribution in [2.45, 2.75) is 26.4 Å². The lowest BCUT2D eigenvalue weighted by molar-refractivity contribution is -0.126. The molecule has 0 bridgehead atoms. The number of anilines is 1. The molecule has 0 fully saturated rings. The first kappa shape index (κ1) is 14.6. The SMILES string of the molecule is CCCOC(C)C(=O)Nc1ccccc1C(N)=S. The van der Waals surface area contributed by atoms with Crippen LogP contribution in [0.2, 0.25) is 0 Å². The van der Waals surface area contributed by atoms with E-state index in [9.17, 15) is 4.79 Å². The van der Waals surface area contributed by atoms with Crippen molar-refractivity contribution < 1.29 is 9.53 Å². The van der Waals surface area contributed by atoms with Crippen molar-refractivity contribution in [3.8, 4) is 0 Å². The minimum Gasteiger partial charge on any atom is -0.389 e. The average molecular weight is 266 g/mol. The molecule has 0 saturated heterocycles. The van der Waals surface area contributed by atoms with E-state index in [0.29, 0.717) is 17.9 Å². The summed E-state index contributed by atoms with van der Waals surface area (Å²) < 4.78 is 5.35. The number of carbonyl (C=O) groups excluding carboxylic acids is 1. The molecule has 0 aromatic heterocycles. The highest BCUT2D eigenvalue weighted by atomic mass is 32.1. The van der Waals surface area contributed by atoms with Crippen LogP contribution in [-0.4, -0.2) is 23.6 Å². The van der Waals surface area contributed by atoms with Crippen LogP contribution in [0, 0.1) is 0 Å². The predicted octanol–water partition coefficient (Wildman–Crippen LogP) is 2.07. The highest BCUT2D eigenvalue weighted by Crippen LogP contribution is 2.15. The lowest BCUT2D eigenvalue weighted by atomic mass is 10.1. The molecule has 0 aliphatic heterocycles. The van der Waals surface area contributed by atoms with E-state index in [1.807, 2.05) is 19.1 Å². The molecule has 0 radical (unpaired) electrons. The Morgan fingerprint density at radius 3 is 2.78 bits per heavy atom. The van der Waals surface area contributed by atoms with E-state index in [-0.39, 0.29) is 10.9 Å². The summed E-state index contributed by atoms with van der Waals surface area (Å²) in [5.41, 5.74) is 6.86. The maximum absolute atomic E-state index is 11.9. The summed E-state index contributed by atoms with van der Waals surface area (Å²) in [5.74, 6) is -0.202. The Labute approximate surface area is 113 Å². The number of para-hydroxylation sites is 1. The lowest BCUT2D eigenvalue weighted by Crippen LogP contribution is -2.29. The van der Waals surface area contributed by atoms with E-state index in [1.165, 1.54) is 0 Å². The Kier molecular flexibility index (Phi) is 5.74. The molecule has 1 aromatic rings. The quantitative estimate of drug-likeness (QED) is 0.774. The van der Waals surface area contributed by atoms with E-state index in [2.05, 4.69) is 5.32 Å². The number of nitrogens with two attached hydrogens (primary N) is 1. The molecule has 98 valence electrons. The minimum absolute atomic E-state index is 0.202. The van der Waals surface area contributed by atoms with Gasteiger partial charge in [0, 0.05) is 12.2 Å². The van der Waals surface area contributed by atoms with E-state index in [1.54, 1.807) is 19.1 Å². The van der Waals surface area contributed by atoms with Crippen molar-refractivity contribution in [1.82, 2.24) is 0 Å². The van der Waals surface area contributed by atoms with Gasteiger partial charge < -0.3 is 15.8 Å². The van der Waals surface area contributed by atoms with Gasteiger partial charge in [0.25, 0.3) is 5.91 Å². The molecule has 0 aliphatic rings. The smallest absolute Gasteiger partial charge is 0.253 e. The second kappa shape index (κ2) is 7.08. The zero-order chi connectivity index (χ0) is 13.5. The molecule has 5 heteroatoms. The third-order valence-electron chi connectivity index (χ3n) is 2.39. The highest BCUT2D eigenvalue weighted by molar-refractivity contribution is 7.80. The van der Waals surface area contributed by atoms with Crippen molar-refractivity contribution in [2.75, 3.05) is 11.9 Å². The Balaban J connectivity index is 2.72. The molecule has 0 heterocycles. The van der Waals surface area contributed by atoms with Crippen LogP contribution < -0.4 is 11.1 Å². The van der Waals surface area contributed by atoms with Gasteiger partial charge in [0.2, 0.25) is 0 Å². The van der Waals surface area contributed by atoms with Gasteiger partial charge >= 0.3 is 0 Å². The van der Waals surface area contributed by atoms with Crippen LogP contribution in [0.4, 0.5) is 5.69 Å². The van der Waals surface area contributed by atoms with E-state index >= 15 is 0 Å². The average Bonchev–Trinajstić information content (AvgIpc) is 2.36. The van der Waals surface area contributed by atoms with Crippen molar-refractivity contribution >= 4 is 28.8 Å². The Morgan fingerprint density at radius 1 is 1.50 bits per heavy atom. The summed E-state index contributed by atoms with van der Waals surface area (Å²) in [6.07, 6.45) is 0.380. The van der Waals surface area contributed by atoms with Crippen LogP contribution in [0.1, 0.15) is 25.8 Å². The Bertz CT molecular complexity index is 435. The summed E-state index contributed by atoms with van der Waals surface area (Å²) in [4.78, 5) is 12.1. The number of amides is 1. The fraction of sp³-hybridized carbons (Fsp3) is 0.385. The largest absolute Gasteiger partial charge is 0.389 e. The second-order valence-electron chi connectivity index (χ2n) is 3.91. The number of ether oxygens (including phenoxy) is 1. The predicted molar refractivity (Wildman–Crippen MR) is 76.7 cm³/mol. The monoisotopic (exact) mass is 266 g/mol. The first-order chi connectivity index (χ1) is 8.56. The number of nitrogens with one attached hydrogen (secondary N) is 1. The summed E-state index contributed by atoms with van der Waals surface area (Å²) in [6.45, 7) is 4.27.